The van der Waals surface area contributed by atoms with Crippen LogP contribution >= 0.6 is 0 Å². The second kappa shape index (κ2) is 8.53. The van der Waals surface area contributed by atoms with Gasteiger partial charge in [0.25, 0.3) is 0 Å². The molecule has 158 valence electrons. The number of rotatable bonds is 4. The largest absolute Gasteiger partial charge is 0.388 e. The predicted octanol–water partition coefficient (Wildman–Crippen LogP) is 2.19. The lowest BCUT2D eigenvalue weighted by Crippen LogP contribution is -2.63. The van der Waals surface area contributed by atoms with E-state index in [1.54, 1.807) is 31.5 Å². The van der Waals surface area contributed by atoms with Gasteiger partial charge in [0.15, 0.2) is 0 Å². The Bertz CT molecular complexity index is 878. The van der Waals surface area contributed by atoms with Gasteiger partial charge in [-0.3, -0.25) is 4.79 Å². The SMILES string of the molecule is C[C@]1(O)CC2(CCN(c3ncccn3)CC2)OC[C@@H]1NC(=O)/C=C/c1ccccc1. The number of anilines is 1. The summed E-state index contributed by atoms with van der Waals surface area (Å²) in [4.78, 5) is 23.1. The first kappa shape index (κ1) is 20.5. The number of hydrogen-bond donors (Lipinski definition) is 2. The number of ether oxygens (including phenoxy) is 1. The zero-order valence-corrected chi connectivity index (χ0v) is 17.2. The maximum absolute atomic E-state index is 12.4. The summed E-state index contributed by atoms with van der Waals surface area (Å²) in [7, 11) is 0. The fourth-order valence-corrected chi connectivity index (χ4v) is 4.31. The van der Waals surface area contributed by atoms with Crippen molar-refractivity contribution in [2.24, 2.45) is 0 Å². The second-order valence-corrected chi connectivity index (χ2v) is 8.37. The quantitative estimate of drug-likeness (QED) is 0.754. The number of carbonyl (C=O) groups is 1. The van der Waals surface area contributed by atoms with E-state index < -0.39 is 11.6 Å². The molecule has 1 amide bonds. The van der Waals surface area contributed by atoms with Gasteiger partial charge in [-0.1, -0.05) is 30.3 Å². The molecule has 30 heavy (non-hydrogen) atoms. The van der Waals surface area contributed by atoms with Crippen LogP contribution in [0.3, 0.4) is 0 Å². The van der Waals surface area contributed by atoms with E-state index in [0.29, 0.717) is 13.0 Å². The van der Waals surface area contributed by atoms with E-state index in [2.05, 4.69) is 20.2 Å². The van der Waals surface area contributed by atoms with E-state index in [9.17, 15) is 9.90 Å². The smallest absolute Gasteiger partial charge is 0.244 e. The average molecular weight is 409 g/mol. The van der Waals surface area contributed by atoms with Gasteiger partial charge >= 0.3 is 0 Å². The zero-order valence-electron chi connectivity index (χ0n) is 17.2. The molecule has 0 radical (unpaired) electrons. The van der Waals surface area contributed by atoms with Gasteiger partial charge < -0.3 is 20.1 Å². The molecule has 2 aliphatic rings. The number of piperidine rings is 1. The van der Waals surface area contributed by atoms with Crippen molar-refractivity contribution in [3.63, 3.8) is 0 Å². The minimum atomic E-state index is -1.04. The highest BCUT2D eigenvalue weighted by Gasteiger charge is 2.49. The van der Waals surface area contributed by atoms with Crippen LogP contribution in [0.1, 0.15) is 31.7 Å². The lowest BCUT2D eigenvalue weighted by atomic mass is 9.76. The molecular formula is C23H28N4O3. The molecule has 2 atom stereocenters. The first-order chi connectivity index (χ1) is 14.5. The van der Waals surface area contributed by atoms with Crippen molar-refractivity contribution < 1.29 is 14.6 Å². The number of aromatic nitrogens is 2. The molecule has 1 aromatic carbocycles. The van der Waals surface area contributed by atoms with E-state index in [1.807, 2.05) is 30.3 Å². The molecule has 2 saturated heterocycles. The summed E-state index contributed by atoms with van der Waals surface area (Å²) in [6, 6.07) is 11.0. The van der Waals surface area contributed by atoms with Gasteiger partial charge in [-0.15, -0.1) is 0 Å². The highest BCUT2D eigenvalue weighted by molar-refractivity contribution is 5.92. The standard InChI is InChI=1S/C23H28N4O3/c1-22(29)17-23(10-14-27(15-11-23)21-24-12-5-13-25-21)30-16-19(22)26-20(28)9-8-18-6-3-2-4-7-18/h2-9,12-13,19,29H,10-11,14-17H2,1H3,(H,26,28)/b9-8+/t19-,22-/m0/s1. The van der Waals surface area contributed by atoms with Gasteiger partial charge in [0.2, 0.25) is 11.9 Å². The summed E-state index contributed by atoms with van der Waals surface area (Å²) in [6.07, 6.45) is 8.80. The topological polar surface area (TPSA) is 87.6 Å². The van der Waals surface area contributed by atoms with E-state index in [-0.39, 0.29) is 11.5 Å². The van der Waals surface area contributed by atoms with Crippen LogP contribution in [0, 0.1) is 0 Å². The molecular weight excluding hydrogens is 380 g/mol. The molecule has 3 heterocycles. The van der Waals surface area contributed by atoms with Crippen molar-refractivity contribution in [3.8, 4) is 0 Å². The maximum atomic E-state index is 12.4. The second-order valence-electron chi connectivity index (χ2n) is 8.37. The molecule has 0 aliphatic carbocycles. The molecule has 2 aliphatic heterocycles. The Labute approximate surface area is 176 Å². The molecule has 0 unspecified atom stereocenters. The predicted molar refractivity (Wildman–Crippen MR) is 115 cm³/mol. The van der Waals surface area contributed by atoms with Gasteiger partial charge in [-0.25, -0.2) is 9.97 Å². The van der Waals surface area contributed by atoms with E-state index in [1.165, 1.54) is 6.08 Å². The summed E-state index contributed by atoms with van der Waals surface area (Å²) >= 11 is 0. The molecule has 7 nitrogen and oxygen atoms in total. The summed E-state index contributed by atoms with van der Waals surface area (Å²) in [6.45, 7) is 3.63. The van der Waals surface area contributed by atoms with Crippen molar-refractivity contribution in [2.75, 3.05) is 24.6 Å². The molecule has 7 heteroatoms. The number of nitrogens with zero attached hydrogens (tertiary/aromatic N) is 3. The molecule has 1 spiro atoms. The minimum Gasteiger partial charge on any atom is -0.388 e. The Kier molecular flexibility index (Phi) is 5.83. The monoisotopic (exact) mass is 408 g/mol. The normalized spacial score (nSPS) is 26.1. The Morgan fingerprint density at radius 3 is 2.57 bits per heavy atom. The van der Waals surface area contributed by atoms with Crippen LogP contribution in [-0.2, 0) is 9.53 Å². The number of benzene rings is 1. The van der Waals surface area contributed by atoms with E-state index in [0.717, 1.165) is 37.4 Å². The van der Waals surface area contributed by atoms with Crippen LogP contribution in [0.5, 0.6) is 0 Å². The van der Waals surface area contributed by atoms with Crippen LogP contribution in [0.2, 0.25) is 0 Å². The molecule has 0 saturated carbocycles. The lowest BCUT2D eigenvalue weighted by molar-refractivity contribution is -0.180. The summed E-state index contributed by atoms with van der Waals surface area (Å²) in [5.74, 6) is 0.491. The number of hydrogen-bond acceptors (Lipinski definition) is 6. The van der Waals surface area contributed by atoms with Crippen molar-refractivity contribution in [1.82, 2.24) is 15.3 Å². The Hall–Kier alpha value is -2.77. The maximum Gasteiger partial charge on any atom is 0.244 e. The van der Waals surface area contributed by atoms with Gasteiger partial charge in [0.05, 0.1) is 23.9 Å². The highest BCUT2D eigenvalue weighted by Crippen LogP contribution is 2.40. The van der Waals surface area contributed by atoms with E-state index >= 15 is 0 Å². The average Bonchev–Trinajstić information content (AvgIpc) is 2.76. The minimum absolute atomic E-state index is 0.236. The summed E-state index contributed by atoms with van der Waals surface area (Å²) in [5, 5.41) is 14.0. The van der Waals surface area contributed by atoms with Crippen LogP contribution in [-0.4, -0.2) is 57.9 Å². The van der Waals surface area contributed by atoms with Crippen LogP contribution in [0.15, 0.2) is 54.9 Å². The third-order valence-corrected chi connectivity index (χ3v) is 6.04. The van der Waals surface area contributed by atoms with Gasteiger partial charge in [0.1, 0.15) is 0 Å². The summed E-state index contributed by atoms with van der Waals surface area (Å²) in [5.41, 5.74) is -0.470. The zero-order chi connectivity index (χ0) is 21.0. The van der Waals surface area contributed by atoms with Crippen LogP contribution < -0.4 is 10.2 Å². The van der Waals surface area contributed by atoms with Crippen molar-refractivity contribution in [2.45, 2.75) is 43.4 Å². The molecule has 2 N–H and O–H groups in total. The third-order valence-electron chi connectivity index (χ3n) is 6.04. The Morgan fingerprint density at radius 1 is 1.20 bits per heavy atom. The first-order valence-corrected chi connectivity index (χ1v) is 10.4. The van der Waals surface area contributed by atoms with Crippen LogP contribution in [0.25, 0.3) is 6.08 Å². The first-order valence-electron chi connectivity index (χ1n) is 10.4. The lowest BCUT2D eigenvalue weighted by Gasteiger charge is -2.51. The van der Waals surface area contributed by atoms with Gasteiger partial charge in [0, 0.05) is 38.0 Å². The fraction of sp³-hybridized carbons (Fsp3) is 0.435. The number of nitrogens with one attached hydrogen (secondary N) is 1. The van der Waals surface area contributed by atoms with Gasteiger partial charge in [-0.05, 0) is 37.5 Å². The fourth-order valence-electron chi connectivity index (χ4n) is 4.31. The van der Waals surface area contributed by atoms with Crippen LogP contribution in [0.4, 0.5) is 5.95 Å². The van der Waals surface area contributed by atoms with Crippen molar-refractivity contribution in [1.29, 1.82) is 0 Å². The number of amides is 1. The molecule has 4 rings (SSSR count). The molecule has 1 aromatic heterocycles. The highest BCUT2D eigenvalue weighted by atomic mass is 16.5. The molecule has 0 bridgehead atoms. The van der Waals surface area contributed by atoms with Gasteiger partial charge in [-0.2, -0.15) is 0 Å². The Balaban J connectivity index is 1.33. The third kappa shape index (κ3) is 4.68. The summed E-state index contributed by atoms with van der Waals surface area (Å²) < 4.78 is 6.24. The number of aliphatic hydroxyl groups is 1. The number of carbonyl (C=O) groups excluding carboxylic acids is 1. The van der Waals surface area contributed by atoms with Crippen molar-refractivity contribution in [3.05, 3.63) is 60.4 Å². The van der Waals surface area contributed by atoms with E-state index in [4.69, 9.17) is 4.74 Å². The Morgan fingerprint density at radius 2 is 1.90 bits per heavy atom. The van der Waals surface area contributed by atoms with Crippen molar-refractivity contribution >= 4 is 17.9 Å². The molecule has 2 aromatic rings. The molecule has 2 fully saturated rings.